The van der Waals surface area contributed by atoms with Crippen molar-refractivity contribution in [1.29, 1.82) is 0 Å². The number of hydrogen-bond donors (Lipinski definition) is 0. The minimum Gasteiger partial charge on any atom is -0.352 e. The quantitative estimate of drug-likeness (QED) is 0.249. The van der Waals surface area contributed by atoms with Gasteiger partial charge in [-0.2, -0.15) is 0 Å². The van der Waals surface area contributed by atoms with Gasteiger partial charge in [-0.15, -0.1) is 11.3 Å². The Kier molecular flexibility index (Phi) is 7.27. The number of amides is 1. The summed E-state index contributed by atoms with van der Waals surface area (Å²) in [6.45, 7) is 4.93. The van der Waals surface area contributed by atoms with Crippen LogP contribution in [-0.2, 0) is 24.1 Å². The number of unbranched alkanes of at least 4 members (excludes halogenated alkanes) is 1. The van der Waals surface area contributed by atoms with E-state index < -0.39 is 4.92 Å². The maximum Gasteiger partial charge on any atom is 0.269 e. The molecule has 5 rings (SSSR count). The number of hydrogen-bond acceptors (Lipinski definition) is 7. The number of thiophene rings is 1. The summed E-state index contributed by atoms with van der Waals surface area (Å²) in [7, 11) is 0. The predicted molar refractivity (Wildman–Crippen MR) is 144 cm³/mol. The van der Waals surface area contributed by atoms with Gasteiger partial charge in [0.05, 0.1) is 10.3 Å². The second-order valence-electron chi connectivity index (χ2n) is 9.45. The van der Waals surface area contributed by atoms with Gasteiger partial charge in [0, 0.05) is 55.7 Å². The highest BCUT2D eigenvalue weighted by Crippen LogP contribution is 2.40. The first-order valence-corrected chi connectivity index (χ1v) is 13.6. The van der Waals surface area contributed by atoms with Crippen molar-refractivity contribution in [2.24, 2.45) is 0 Å². The summed E-state index contributed by atoms with van der Waals surface area (Å²) < 4.78 is 0. The normalized spacial score (nSPS) is 16.0. The molecule has 2 aliphatic rings. The lowest BCUT2D eigenvalue weighted by Crippen LogP contribution is -2.48. The second-order valence-corrected chi connectivity index (χ2v) is 10.5. The van der Waals surface area contributed by atoms with Crippen LogP contribution in [0.25, 0.3) is 16.3 Å². The lowest BCUT2D eigenvalue weighted by Gasteiger charge is -2.35. The number of carbonyl (C=O) groups is 1. The number of aromatic nitrogens is 2. The molecule has 1 aromatic carbocycles. The molecule has 3 heterocycles. The molecule has 0 bridgehead atoms. The molecule has 188 valence electrons. The zero-order chi connectivity index (χ0) is 25.1. The summed E-state index contributed by atoms with van der Waals surface area (Å²) in [4.78, 5) is 40.0. The van der Waals surface area contributed by atoms with Crippen molar-refractivity contribution in [3.05, 3.63) is 62.3 Å². The monoisotopic (exact) mass is 505 g/mol. The number of nitro benzene ring substituents is 1. The molecule has 1 aliphatic carbocycles. The van der Waals surface area contributed by atoms with E-state index in [0.717, 1.165) is 67.2 Å². The van der Waals surface area contributed by atoms with Crippen LogP contribution in [0.4, 0.5) is 11.5 Å². The minimum absolute atomic E-state index is 0.0400. The Morgan fingerprint density at radius 2 is 1.86 bits per heavy atom. The Labute approximate surface area is 214 Å². The van der Waals surface area contributed by atoms with E-state index in [-0.39, 0.29) is 11.6 Å². The van der Waals surface area contributed by atoms with Crippen molar-refractivity contribution in [2.45, 2.75) is 51.9 Å². The van der Waals surface area contributed by atoms with E-state index in [1.54, 1.807) is 24.3 Å². The number of fused-ring (bicyclic) bond motifs is 3. The smallest absolute Gasteiger partial charge is 0.269 e. The van der Waals surface area contributed by atoms with Crippen molar-refractivity contribution in [3.63, 3.8) is 0 Å². The molecule has 8 nitrogen and oxygen atoms in total. The number of rotatable bonds is 7. The molecular formula is C27H31N5O3S. The van der Waals surface area contributed by atoms with E-state index in [1.165, 1.54) is 40.8 Å². The Morgan fingerprint density at radius 3 is 2.58 bits per heavy atom. The van der Waals surface area contributed by atoms with E-state index in [4.69, 9.17) is 9.97 Å². The molecule has 9 heteroatoms. The maximum absolute atomic E-state index is 12.8. The molecular weight excluding hydrogens is 474 g/mol. The van der Waals surface area contributed by atoms with Crippen LogP contribution in [0, 0.1) is 10.1 Å². The van der Waals surface area contributed by atoms with E-state index in [9.17, 15) is 14.9 Å². The summed E-state index contributed by atoms with van der Waals surface area (Å²) in [5.74, 6) is 1.94. The number of anilines is 1. The summed E-state index contributed by atoms with van der Waals surface area (Å²) in [6.07, 6.45) is 11.1. The van der Waals surface area contributed by atoms with Gasteiger partial charge in [0.2, 0.25) is 5.91 Å². The Bertz CT molecular complexity index is 1290. The average Bonchev–Trinajstić information content (AvgIpc) is 3.29. The molecule has 0 N–H and O–H groups in total. The van der Waals surface area contributed by atoms with Crippen LogP contribution in [0.3, 0.4) is 0 Å². The van der Waals surface area contributed by atoms with Gasteiger partial charge in [-0.05, 0) is 61.4 Å². The van der Waals surface area contributed by atoms with Crippen molar-refractivity contribution >= 4 is 45.0 Å². The van der Waals surface area contributed by atoms with Gasteiger partial charge in [0.15, 0.2) is 0 Å². The first-order valence-electron chi connectivity index (χ1n) is 12.8. The van der Waals surface area contributed by atoms with Crippen LogP contribution in [0.5, 0.6) is 0 Å². The first-order chi connectivity index (χ1) is 17.5. The van der Waals surface area contributed by atoms with Gasteiger partial charge in [0.1, 0.15) is 16.5 Å². The molecule has 36 heavy (non-hydrogen) atoms. The Morgan fingerprint density at radius 1 is 1.11 bits per heavy atom. The highest BCUT2D eigenvalue weighted by molar-refractivity contribution is 7.19. The molecule has 0 unspecified atom stereocenters. The standard InChI is InChI=1S/C27H31N5O3S/c1-2-3-8-23-28-26(25-21-6-4-5-7-22(21)36-27(25)29-23)31-17-15-30(16-18-31)24(33)14-11-19-9-12-20(13-10-19)32(34)35/h9-14H,2-8,15-18H2,1H3/b14-11+. The van der Waals surface area contributed by atoms with Gasteiger partial charge >= 0.3 is 0 Å². The molecule has 1 saturated heterocycles. The summed E-state index contributed by atoms with van der Waals surface area (Å²) in [5, 5.41) is 12.1. The predicted octanol–water partition coefficient (Wildman–Crippen LogP) is 5.18. The lowest BCUT2D eigenvalue weighted by molar-refractivity contribution is -0.384. The molecule has 0 saturated carbocycles. The number of non-ortho nitro benzene ring substituents is 1. The number of carbonyl (C=O) groups excluding carboxylic acids is 1. The van der Waals surface area contributed by atoms with Gasteiger partial charge in [0.25, 0.3) is 5.69 Å². The average molecular weight is 506 g/mol. The number of nitro groups is 1. The van der Waals surface area contributed by atoms with Crippen LogP contribution < -0.4 is 4.90 Å². The maximum atomic E-state index is 12.8. The van der Waals surface area contributed by atoms with E-state index in [0.29, 0.717) is 13.1 Å². The largest absolute Gasteiger partial charge is 0.352 e. The molecule has 0 spiro atoms. The van der Waals surface area contributed by atoms with Gasteiger partial charge in [-0.1, -0.05) is 13.3 Å². The van der Waals surface area contributed by atoms with Crippen LogP contribution in [-0.4, -0.2) is 51.9 Å². The Hall–Kier alpha value is -3.33. The summed E-state index contributed by atoms with van der Waals surface area (Å²) in [5.41, 5.74) is 2.25. The molecule has 0 atom stereocenters. The molecule has 1 aliphatic heterocycles. The zero-order valence-electron chi connectivity index (χ0n) is 20.6. The van der Waals surface area contributed by atoms with Gasteiger partial charge in [-0.3, -0.25) is 14.9 Å². The number of nitrogens with zero attached hydrogens (tertiary/aromatic N) is 5. The highest BCUT2D eigenvalue weighted by atomic mass is 32.1. The SMILES string of the molecule is CCCCc1nc(N2CCN(C(=O)/C=C/c3ccc([N+](=O)[O-])cc3)CC2)c2c3c(sc2n1)CCCC3. The number of piperazine rings is 1. The fourth-order valence-electron chi connectivity index (χ4n) is 4.98. The molecule has 3 aromatic rings. The third kappa shape index (κ3) is 5.11. The number of benzene rings is 1. The lowest BCUT2D eigenvalue weighted by atomic mass is 9.97. The molecule has 1 amide bonds. The highest BCUT2D eigenvalue weighted by Gasteiger charge is 2.27. The third-order valence-electron chi connectivity index (χ3n) is 7.01. The van der Waals surface area contributed by atoms with E-state index in [1.807, 2.05) is 16.2 Å². The van der Waals surface area contributed by atoms with Crippen molar-refractivity contribution in [2.75, 3.05) is 31.1 Å². The van der Waals surface area contributed by atoms with Gasteiger partial charge < -0.3 is 9.80 Å². The van der Waals surface area contributed by atoms with Crippen molar-refractivity contribution in [3.8, 4) is 0 Å². The van der Waals surface area contributed by atoms with Crippen LogP contribution in [0.2, 0.25) is 0 Å². The molecule has 1 fully saturated rings. The molecule has 0 radical (unpaired) electrons. The van der Waals surface area contributed by atoms with E-state index in [2.05, 4.69) is 11.8 Å². The molecule has 2 aromatic heterocycles. The van der Waals surface area contributed by atoms with Gasteiger partial charge in [-0.25, -0.2) is 9.97 Å². The number of aryl methyl sites for hydroxylation is 3. The van der Waals surface area contributed by atoms with Crippen molar-refractivity contribution < 1.29 is 9.72 Å². The fraction of sp³-hybridized carbons (Fsp3) is 0.444. The zero-order valence-corrected chi connectivity index (χ0v) is 21.4. The summed E-state index contributed by atoms with van der Waals surface area (Å²) >= 11 is 1.85. The fourth-order valence-corrected chi connectivity index (χ4v) is 6.25. The topological polar surface area (TPSA) is 92.5 Å². The van der Waals surface area contributed by atoms with Crippen LogP contribution >= 0.6 is 11.3 Å². The first kappa shape index (κ1) is 24.4. The van der Waals surface area contributed by atoms with Crippen LogP contribution in [0.15, 0.2) is 30.3 Å². The second kappa shape index (κ2) is 10.7. The van der Waals surface area contributed by atoms with Crippen LogP contribution in [0.1, 0.15) is 54.4 Å². The third-order valence-corrected chi connectivity index (χ3v) is 8.19. The van der Waals surface area contributed by atoms with Crippen molar-refractivity contribution in [1.82, 2.24) is 14.9 Å². The summed E-state index contributed by atoms with van der Waals surface area (Å²) in [6, 6.07) is 6.20. The Balaban J connectivity index is 1.31. The van der Waals surface area contributed by atoms with E-state index >= 15 is 0 Å². The minimum atomic E-state index is -0.428.